The Hall–Kier alpha value is -1.46. The fraction of sp³-hybridized carbons (Fsp3) is 0.600. The molecule has 2 heterocycles. The lowest BCUT2D eigenvalue weighted by Crippen LogP contribution is -2.39. The summed E-state index contributed by atoms with van der Waals surface area (Å²) < 4.78 is 5.38. The van der Waals surface area contributed by atoms with E-state index in [0.717, 1.165) is 38.4 Å². The summed E-state index contributed by atoms with van der Waals surface area (Å²) in [4.78, 5) is 18.3. The van der Waals surface area contributed by atoms with Gasteiger partial charge in [0.2, 0.25) is 5.91 Å². The van der Waals surface area contributed by atoms with Crippen LogP contribution in [-0.4, -0.2) is 48.6 Å². The van der Waals surface area contributed by atoms with E-state index >= 15 is 0 Å². The minimum atomic E-state index is 0.0522. The first-order valence-electron chi connectivity index (χ1n) is 7.24. The molecule has 5 nitrogen and oxygen atoms in total. The lowest BCUT2D eigenvalue weighted by atomic mass is 10.1. The summed E-state index contributed by atoms with van der Waals surface area (Å²) in [5, 5.41) is 2.91. The van der Waals surface area contributed by atoms with E-state index in [2.05, 4.69) is 22.1 Å². The highest BCUT2D eigenvalue weighted by Gasteiger charge is 2.19. The minimum Gasteiger partial charge on any atom is -0.381 e. The standard InChI is InChI=1S/C15H23N3O2/c1-2-18(10-13-6-8-20-12-13)11-15(19)17-9-14-5-3-4-7-16-14/h3-5,7,13H,2,6,8-12H2,1H3,(H,17,19)/t13-/m0/s1. The maximum absolute atomic E-state index is 11.9. The van der Waals surface area contributed by atoms with Crippen LogP contribution in [0.5, 0.6) is 0 Å². The van der Waals surface area contributed by atoms with E-state index in [4.69, 9.17) is 4.74 Å². The Balaban J connectivity index is 1.71. The van der Waals surface area contributed by atoms with Crippen LogP contribution in [0.3, 0.4) is 0 Å². The van der Waals surface area contributed by atoms with Crippen molar-refractivity contribution in [3.8, 4) is 0 Å². The van der Waals surface area contributed by atoms with E-state index in [1.807, 2.05) is 18.2 Å². The van der Waals surface area contributed by atoms with Crippen LogP contribution in [0.15, 0.2) is 24.4 Å². The average molecular weight is 277 g/mol. The van der Waals surface area contributed by atoms with Crippen LogP contribution in [0, 0.1) is 5.92 Å². The van der Waals surface area contributed by atoms with Crippen molar-refractivity contribution < 1.29 is 9.53 Å². The number of amides is 1. The maximum Gasteiger partial charge on any atom is 0.234 e. The molecule has 0 radical (unpaired) electrons. The molecule has 5 heteroatoms. The molecule has 1 atom stereocenters. The van der Waals surface area contributed by atoms with Crippen molar-refractivity contribution in [1.29, 1.82) is 0 Å². The smallest absolute Gasteiger partial charge is 0.234 e. The van der Waals surface area contributed by atoms with Gasteiger partial charge in [-0.2, -0.15) is 0 Å². The summed E-state index contributed by atoms with van der Waals surface area (Å²) in [6, 6.07) is 5.70. The second-order valence-electron chi connectivity index (χ2n) is 5.16. The van der Waals surface area contributed by atoms with E-state index in [1.54, 1.807) is 6.20 Å². The highest BCUT2D eigenvalue weighted by Crippen LogP contribution is 2.13. The Bertz CT molecular complexity index is 405. The molecule has 0 unspecified atom stereocenters. The molecule has 1 N–H and O–H groups in total. The number of rotatable bonds is 7. The number of pyridine rings is 1. The van der Waals surface area contributed by atoms with Gasteiger partial charge in [-0.1, -0.05) is 13.0 Å². The minimum absolute atomic E-state index is 0.0522. The van der Waals surface area contributed by atoms with Crippen LogP contribution in [0.1, 0.15) is 19.0 Å². The third-order valence-corrected chi connectivity index (χ3v) is 3.55. The second-order valence-corrected chi connectivity index (χ2v) is 5.16. The van der Waals surface area contributed by atoms with Gasteiger partial charge >= 0.3 is 0 Å². The quantitative estimate of drug-likeness (QED) is 0.809. The highest BCUT2D eigenvalue weighted by molar-refractivity contribution is 5.77. The number of hydrogen-bond acceptors (Lipinski definition) is 4. The molecule has 1 aliphatic heterocycles. The van der Waals surface area contributed by atoms with Gasteiger partial charge in [0.1, 0.15) is 0 Å². The van der Waals surface area contributed by atoms with E-state index in [0.29, 0.717) is 19.0 Å². The number of hydrogen-bond donors (Lipinski definition) is 1. The van der Waals surface area contributed by atoms with Gasteiger partial charge in [-0.15, -0.1) is 0 Å². The van der Waals surface area contributed by atoms with Crippen LogP contribution in [0.25, 0.3) is 0 Å². The summed E-state index contributed by atoms with van der Waals surface area (Å²) in [5.41, 5.74) is 0.882. The number of nitrogens with one attached hydrogen (secondary N) is 1. The number of likely N-dealkylation sites (N-methyl/N-ethyl adjacent to an activating group) is 1. The van der Waals surface area contributed by atoms with Gasteiger partial charge in [0.25, 0.3) is 0 Å². The molecule has 0 aliphatic carbocycles. The molecular weight excluding hydrogens is 254 g/mol. The van der Waals surface area contributed by atoms with Crippen molar-refractivity contribution >= 4 is 5.91 Å². The van der Waals surface area contributed by atoms with Crippen molar-refractivity contribution in [1.82, 2.24) is 15.2 Å². The number of ether oxygens (including phenoxy) is 1. The van der Waals surface area contributed by atoms with Gasteiger partial charge in [0, 0.05) is 19.3 Å². The zero-order valence-electron chi connectivity index (χ0n) is 12.0. The van der Waals surface area contributed by atoms with E-state index in [1.165, 1.54) is 0 Å². The first-order chi connectivity index (χ1) is 9.78. The Morgan fingerprint density at radius 2 is 2.45 bits per heavy atom. The lowest BCUT2D eigenvalue weighted by Gasteiger charge is -2.22. The van der Waals surface area contributed by atoms with Crippen molar-refractivity contribution in [2.24, 2.45) is 5.92 Å². The monoisotopic (exact) mass is 277 g/mol. The lowest BCUT2D eigenvalue weighted by molar-refractivity contribution is -0.122. The van der Waals surface area contributed by atoms with Crippen LogP contribution < -0.4 is 5.32 Å². The zero-order valence-corrected chi connectivity index (χ0v) is 12.0. The molecule has 0 spiro atoms. The highest BCUT2D eigenvalue weighted by atomic mass is 16.5. The average Bonchev–Trinajstić information content (AvgIpc) is 2.98. The summed E-state index contributed by atoms with van der Waals surface area (Å²) in [6.07, 6.45) is 2.84. The fourth-order valence-electron chi connectivity index (χ4n) is 2.35. The molecule has 2 rings (SSSR count). The second kappa shape index (κ2) is 7.97. The Labute approximate surface area is 120 Å². The number of nitrogens with zero attached hydrogens (tertiary/aromatic N) is 2. The molecule has 0 bridgehead atoms. The predicted molar refractivity (Wildman–Crippen MR) is 77.1 cm³/mol. The van der Waals surface area contributed by atoms with Gasteiger partial charge in [-0.05, 0) is 31.0 Å². The normalized spacial score (nSPS) is 18.4. The van der Waals surface area contributed by atoms with Crippen LogP contribution in [0.2, 0.25) is 0 Å². The number of aromatic nitrogens is 1. The van der Waals surface area contributed by atoms with E-state index in [9.17, 15) is 4.79 Å². The summed E-state index contributed by atoms with van der Waals surface area (Å²) in [7, 11) is 0. The fourth-order valence-corrected chi connectivity index (χ4v) is 2.35. The number of carbonyl (C=O) groups excluding carboxylic acids is 1. The Morgan fingerprint density at radius 1 is 1.55 bits per heavy atom. The van der Waals surface area contributed by atoms with Gasteiger partial charge < -0.3 is 10.1 Å². The van der Waals surface area contributed by atoms with Crippen molar-refractivity contribution in [2.75, 3.05) is 32.8 Å². The van der Waals surface area contributed by atoms with Gasteiger partial charge in [-0.25, -0.2) is 0 Å². The third-order valence-electron chi connectivity index (χ3n) is 3.55. The van der Waals surface area contributed by atoms with Gasteiger partial charge in [-0.3, -0.25) is 14.7 Å². The van der Waals surface area contributed by atoms with Crippen molar-refractivity contribution in [3.05, 3.63) is 30.1 Å². The molecule has 1 amide bonds. The van der Waals surface area contributed by atoms with Crippen LogP contribution in [0.4, 0.5) is 0 Å². The van der Waals surface area contributed by atoms with Crippen molar-refractivity contribution in [2.45, 2.75) is 19.9 Å². The molecule has 1 aromatic rings. The molecule has 1 fully saturated rings. The molecule has 1 aromatic heterocycles. The molecule has 0 saturated carbocycles. The zero-order chi connectivity index (χ0) is 14.2. The molecule has 1 aliphatic rings. The maximum atomic E-state index is 11.9. The van der Waals surface area contributed by atoms with E-state index < -0.39 is 0 Å². The van der Waals surface area contributed by atoms with Gasteiger partial charge in [0.05, 0.1) is 25.4 Å². The number of carbonyl (C=O) groups is 1. The first kappa shape index (κ1) is 14.9. The molecule has 20 heavy (non-hydrogen) atoms. The predicted octanol–water partition coefficient (Wildman–Crippen LogP) is 1.06. The summed E-state index contributed by atoms with van der Waals surface area (Å²) in [5.74, 6) is 0.620. The first-order valence-corrected chi connectivity index (χ1v) is 7.24. The van der Waals surface area contributed by atoms with Gasteiger partial charge in [0.15, 0.2) is 0 Å². The van der Waals surface area contributed by atoms with Crippen LogP contribution >= 0.6 is 0 Å². The Kier molecular flexibility index (Phi) is 5.95. The summed E-state index contributed by atoms with van der Waals surface area (Å²) >= 11 is 0. The molecular formula is C15H23N3O2. The largest absolute Gasteiger partial charge is 0.381 e. The molecule has 0 aromatic carbocycles. The summed E-state index contributed by atoms with van der Waals surface area (Å²) in [6.45, 7) is 6.52. The molecule has 1 saturated heterocycles. The van der Waals surface area contributed by atoms with E-state index in [-0.39, 0.29) is 5.91 Å². The Morgan fingerprint density at radius 3 is 3.10 bits per heavy atom. The SMILES string of the molecule is CCN(CC(=O)NCc1ccccn1)C[C@@H]1CCOC1. The molecule has 110 valence electrons. The van der Waals surface area contributed by atoms with Crippen LogP contribution in [-0.2, 0) is 16.1 Å². The third kappa shape index (κ3) is 4.90. The topological polar surface area (TPSA) is 54.5 Å². The van der Waals surface area contributed by atoms with Crippen molar-refractivity contribution in [3.63, 3.8) is 0 Å².